The van der Waals surface area contributed by atoms with E-state index in [4.69, 9.17) is 9.47 Å². The summed E-state index contributed by atoms with van der Waals surface area (Å²) in [4.78, 5) is 25.9. The average molecular weight is 422 g/mol. The first-order valence-electron chi connectivity index (χ1n) is 10.1. The number of carbonyl (C=O) groups is 1. The molecule has 0 atom stereocenters. The monoisotopic (exact) mass is 422 g/mol. The maximum absolute atomic E-state index is 13.1. The van der Waals surface area contributed by atoms with E-state index in [0.29, 0.717) is 43.2 Å². The first kappa shape index (κ1) is 20.6. The Morgan fingerprint density at radius 3 is 2.35 bits per heavy atom. The third kappa shape index (κ3) is 4.03. The quantitative estimate of drug-likeness (QED) is 0.623. The number of rotatable bonds is 5. The Morgan fingerprint density at radius 2 is 1.71 bits per heavy atom. The van der Waals surface area contributed by atoms with Gasteiger partial charge in [-0.25, -0.2) is 14.6 Å². The second-order valence-electron chi connectivity index (χ2n) is 7.39. The fourth-order valence-corrected chi connectivity index (χ4v) is 3.85. The Balaban J connectivity index is 1.48. The normalized spacial score (nSPS) is 13.9. The molecule has 4 rings (SSSR count). The number of nitrogens with zero attached hydrogens (tertiary/aromatic N) is 6. The molecule has 0 unspecified atom stereocenters. The van der Waals surface area contributed by atoms with E-state index in [0.717, 1.165) is 23.0 Å². The van der Waals surface area contributed by atoms with Crippen molar-refractivity contribution >= 4 is 11.7 Å². The maximum Gasteiger partial charge on any atom is 0.257 e. The van der Waals surface area contributed by atoms with Gasteiger partial charge in [0.05, 0.1) is 25.5 Å². The number of hydrogen-bond donors (Lipinski definition) is 0. The Morgan fingerprint density at radius 1 is 0.968 bits per heavy atom. The van der Waals surface area contributed by atoms with Crippen molar-refractivity contribution in [1.82, 2.24) is 24.6 Å². The van der Waals surface area contributed by atoms with Gasteiger partial charge in [0.1, 0.15) is 12.1 Å². The van der Waals surface area contributed by atoms with E-state index in [2.05, 4.69) is 20.0 Å². The second-order valence-corrected chi connectivity index (χ2v) is 7.39. The van der Waals surface area contributed by atoms with E-state index in [1.807, 2.05) is 35.6 Å². The lowest BCUT2D eigenvalue weighted by atomic mass is 10.1. The smallest absolute Gasteiger partial charge is 0.257 e. The molecule has 1 aromatic carbocycles. The van der Waals surface area contributed by atoms with Gasteiger partial charge in [0, 0.05) is 37.9 Å². The van der Waals surface area contributed by atoms with Crippen LogP contribution < -0.4 is 14.4 Å². The number of piperazine rings is 1. The zero-order valence-electron chi connectivity index (χ0n) is 18.2. The van der Waals surface area contributed by atoms with Crippen LogP contribution in [0, 0.1) is 13.8 Å². The average Bonchev–Trinajstić information content (AvgIpc) is 3.16. The fourth-order valence-electron chi connectivity index (χ4n) is 3.85. The minimum Gasteiger partial charge on any atom is -0.493 e. The molecule has 1 aliphatic rings. The van der Waals surface area contributed by atoms with E-state index < -0.39 is 0 Å². The topological polar surface area (TPSA) is 85.6 Å². The Kier molecular flexibility index (Phi) is 5.75. The summed E-state index contributed by atoms with van der Waals surface area (Å²) in [5.41, 5.74) is 2.46. The summed E-state index contributed by atoms with van der Waals surface area (Å²) < 4.78 is 12.6. The molecule has 1 saturated heterocycles. The first-order chi connectivity index (χ1) is 15.0. The summed E-state index contributed by atoms with van der Waals surface area (Å²) in [6.45, 7) is 6.46. The molecule has 1 fully saturated rings. The SMILES string of the molecule is COc1cccc(C(=O)N2CCN(c3cc(-n4nc(C)cc4C)ncn3)CC2)c1OC. The van der Waals surface area contributed by atoms with Crippen LogP contribution in [0.5, 0.6) is 11.5 Å². The summed E-state index contributed by atoms with van der Waals surface area (Å²) >= 11 is 0. The minimum absolute atomic E-state index is 0.0681. The highest BCUT2D eigenvalue weighted by molar-refractivity contribution is 5.98. The molecular formula is C22H26N6O3. The lowest BCUT2D eigenvalue weighted by Crippen LogP contribution is -2.49. The second kappa shape index (κ2) is 8.63. The van der Waals surface area contributed by atoms with Gasteiger partial charge in [-0.1, -0.05) is 6.07 Å². The van der Waals surface area contributed by atoms with Crippen LogP contribution in [-0.4, -0.2) is 71.0 Å². The van der Waals surface area contributed by atoms with Crippen molar-refractivity contribution in [2.24, 2.45) is 0 Å². The van der Waals surface area contributed by atoms with E-state index in [-0.39, 0.29) is 5.91 Å². The fraction of sp³-hybridized carbons (Fsp3) is 0.364. The van der Waals surface area contributed by atoms with Crippen LogP contribution in [0.1, 0.15) is 21.7 Å². The standard InChI is InChI=1S/C22H26N6O3/c1-15-12-16(2)28(25-15)20-13-19(23-14-24-20)26-8-10-27(11-9-26)22(29)17-6-5-7-18(30-3)21(17)31-4/h5-7,12-14H,8-11H2,1-4H3. The van der Waals surface area contributed by atoms with Crippen LogP contribution in [0.4, 0.5) is 5.82 Å². The number of anilines is 1. The van der Waals surface area contributed by atoms with Gasteiger partial charge in [0.25, 0.3) is 5.91 Å². The van der Waals surface area contributed by atoms with Gasteiger partial charge in [-0.05, 0) is 32.0 Å². The number of aromatic nitrogens is 4. The summed E-state index contributed by atoms with van der Waals surface area (Å²) in [6.07, 6.45) is 1.56. The van der Waals surface area contributed by atoms with Crippen molar-refractivity contribution in [1.29, 1.82) is 0 Å². The van der Waals surface area contributed by atoms with Gasteiger partial charge in [-0.3, -0.25) is 4.79 Å². The van der Waals surface area contributed by atoms with E-state index in [9.17, 15) is 4.79 Å². The van der Waals surface area contributed by atoms with E-state index in [1.165, 1.54) is 0 Å². The molecule has 0 radical (unpaired) electrons. The molecule has 9 nitrogen and oxygen atoms in total. The molecule has 0 N–H and O–H groups in total. The molecule has 3 heterocycles. The number of benzene rings is 1. The molecule has 0 spiro atoms. The highest BCUT2D eigenvalue weighted by Gasteiger charge is 2.26. The first-order valence-corrected chi connectivity index (χ1v) is 10.1. The van der Waals surface area contributed by atoms with Gasteiger partial charge in [-0.2, -0.15) is 5.10 Å². The summed E-state index contributed by atoms with van der Waals surface area (Å²) in [7, 11) is 3.11. The molecule has 0 saturated carbocycles. The molecule has 9 heteroatoms. The van der Waals surface area contributed by atoms with Crippen LogP contribution >= 0.6 is 0 Å². The predicted molar refractivity (Wildman–Crippen MR) is 116 cm³/mol. The lowest BCUT2D eigenvalue weighted by molar-refractivity contribution is 0.0742. The number of amides is 1. The molecule has 0 aliphatic carbocycles. The molecule has 3 aromatic rings. The summed E-state index contributed by atoms with van der Waals surface area (Å²) in [5, 5.41) is 4.50. The van der Waals surface area contributed by atoms with Gasteiger partial charge < -0.3 is 19.3 Å². The minimum atomic E-state index is -0.0681. The Hall–Kier alpha value is -3.62. The number of ether oxygens (including phenoxy) is 2. The zero-order valence-corrected chi connectivity index (χ0v) is 18.2. The van der Waals surface area contributed by atoms with Crippen LogP contribution in [0.2, 0.25) is 0 Å². The number of para-hydroxylation sites is 1. The van der Waals surface area contributed by atoms with Crippen molar-refractivity contribution < 1.29 is 14.3 Å². The number of aryl methyl sites for hydroxylation is 2. The van der Waals surface area contributed by atoms with Crippen molar-refractivity contribution in [3.63, 3.8) is 0 Å². The molecule has 1 amide bonds. The molecule has 2 aromatic heterocycles. The highest BCUT2D eigenvalue weighted by Crippen LogP contribution is 2.31. The van der Waals surface area contributed by atoms with Crippen molar-refractivity contribution in [2.75, 3.05) is 45.3 Å². The Bertz CT molecular complexity index is 1090. The lowest BCUT2D eigenvalue weighted by Gasteiger charge is -2.35. The zero-order chi connectivity index (χ0) is 22.0. The molecule has 1 aliphatic heterocycles. The van der Waals surface area contributed by atoms with Gasteiger partial charge >= 0.3 is 0 Å². The number of carbonyl (C=O) groups excluding carboxylic acids is 1. The third-order valence-corrected chi connectivity index (χ3v) is 5.39. The molecule has 0 bridgehead atoms. The van der Waals surface area contributed by atoms with E-state index >= 15 is 0 Å². The van der Waals surface area contributed by atoms with Crippen LogP contribution in [0.3, 0.4) is 0 Å². The third-order valence-electron chi connectivity index (χ3n) is 5.39. The maximum atomic E-state index is 13.1. The number of hydrogen-bond acceptors (Lipinski definition) is 7. The summed E-state index contributed by atoms with van der Waals surface area (Å²) in [5.74, 6) is 2.49. The van der Waals surface area contributed by atoms with Crippen molar-refractivity contribution in [3.05, 3.63) is 53.6 Å². The van der Waals surface area contributed by atoms with Gasteiger partial charge in [-0.15, -0.1) is 0 Å². The van der Waals surface area contributed by atoms with Crippen LogP contribution in [0.25, 0.3) is 5.82 Å². The van der Waals surface area contributed by atoms with Gasteiger partial charge in [0.15, 0.2) is 17.3 Å². The largest absolute Gasteiger partial charge is 0.493 e. The highest BCUT2D eigenvalue weighted by atomic mass is 16.5. The van der Waals surface area contributed by atoms with Crippen molar-refractivity contribution in [3.8, 4) is 17.3 Å². The van der Waals surface area contributed by atoms with Crippen molar-refractivity contribution in [2.45, 2.75) is 13.8 Å². The predicted octanol–water partition coefficient (Wildman–Crippen LogP) is 2.26. The number of methoxy groups -OCH3 is 2. The Labute approximate surface area is 181 Å². The summed E-state index contributed by atoms with van der Waals surface area (Å²) in [6, 6.07) is 9.29. The van der Waals surface area contributed by atoms with Crippen LogP contribution in [0.15, 0.2) is 36.7 Å². The molecular weight excluding hydrogens is 396 g/mol. The van der Waals surface area contributed by atoms with Gasteiger partial charge in [0.2, 0.25) is 0 Å². The van der Waals surface area contributed by atoms with Crippen LogP contribution in [-0.2, 0) is 0 Å². The molecule has 31 heavy (non-hydrogen) atoms. The molecule has 162 valence electrons. The van der Waals surface area contributed by atoms with E-state index in [1.54, 1.807) is 38.7 Å².